The van der Waals surface area contributed by atoms with Gasteiger partial charge in [-0.25, -0.2) is 0 Å². The molecule has 66 valence electrons. The van der Waals surface area contributed by atoms with Crippen molar-refractivity contribution >= 4 is 6.01 Å². The minimum absolute atomic E-state index is 0.183. The van der Waals surface area contributed by atoms with Crippen LogP contribution in [0.15, 0.2) is 4.52 Å². The average Bonchev–Trinajstić information content (AvgIpc) is 2.63. The van der Waals surface area contributed by atoms with Gasteiger partial charge in [0.25, 0.3) is 0 Å². The predicted octanol–water partition coefficient (Wildman–Crippen LogP) is 1.38. The standard InChI is InChI=1S/C8H13N3O/c9-8-10-7(11-12-8)5-6-3-1-2-4-6/h6H,1-5H2,(H2,9,10,11). The second kappa shape index (κ2) is 3.13. The van der Waals surface area contributed by atoms with Crippen molar-refractivity contribution in [2.24, 2.45) is 5.92 Å². The molecule has 1 aliphatic rings. The molecule has 1 fully saturated rings. The van der Waals surface area contributed by atoms with Gasteiger partial charge in [-0.3, -0.25) is 0 Å². The lowest BCUT2D eigenvalue weighted by molar-refractivity contribution is 0.417. The molecule has 0 spiro atoms. The molecule has 1 heterocycles. The highest BCUT2D eigenvalue weighted by molar-refractivity contribution is 5.07. The molecule has 0 aliphatic heterocycles. The number of anilines is 1. The molecular formula is C8H13N3O. The topological polar surface area (TPSA) is 64.9 Å². The summed E-state index contributed by atoms with van der Waals surface area (Å²) in [6.07, 6.45) is 6.22. The number of nitrogen functional groups attached to an aromatic ring is 1. The molecule has 0 bridgehead atoms. The van der Waals surface area contributed by atoms with Gasteiger partial charge in [-0.05, 0) is 5.92 Å². The van der Waals surface area contributed by atoms with E-state index in [1.54, 1.807) is 0 Å². The zero-order valence-electron chi connectivity index (χ0n) is 6.99. The van der Waals surface area contributed by atoms with E-state index in [0.29, 0.717) is 0 Å². The van der Waals surface area contributed by atoms with Crippen LogP contribution in [0.25, 0.3) is 0 Å². The van der Waals surface area contributed by atoms with Crippen molar-refractivity contribution in [1.29, 1.82) is 0 Å². The van der Waals surface area contributed by atoms with E-state index in [1.165, 1.54) is 25.7 Å². The van der Waals surface area contributed by atoms with Gasteiger partial charge in [0.05, 0.1) is 0 Å². The molecule has 1 aromatic rings. The summed E-state index contributed by atoms with van der Waals surface area (Å²) in [6, 6.07) is 0.183. The van der Waals surface area contributed by atoms with Gasteiger partial charge in [-0.2, -0.15) is 4.98 Å². The second-order valence-electron chi connectivity index (χ2n) is 3.40. The van der Waals surface area contributed by atoms with E-state index in [1.807, 2.05) is 0 Å². The normalized spacial score (nSPS) is 18.7. The van der Waals surface area contributed by atoms with Crippen LogP contribution in [0.5, 0.6) is 0 Å². The first kappa shape index (κ1) is 7.58. The van der Waals surface area contributed by atoms with Crippen LogP contribution in [-0.4, -0.2) is 10.1 Å². The van der Waals surface area contributed by atoms with Crippen LogP contribution in [-0.2, 0) is 6.42 Å². The Labute approximate surface area is 71.1 Å². The Kier molecular flexibility index (Phi) is 1.98. The van der Waals surface area contributed by atoms with Crippen molar-refractivity contribution in [2.45, 2.75) is 32.1 Å². The van der Waals surface area contributed by atoms with Crippen LogP contribution in [0.4, 0.5) is 6.01 Å². The molecule has 0 unspecified atom stereocenters. The third-order valence-electron chi connectivity index (χ3n) is 2.43. The monoisotopic (exact) mass is 167 g/mol. The number of aromatic nitrogens is 2. The van der Waals surface area contributed by atoms with Gasteiger partial charge >= 0.3 is 6.01 Å². The summed E-state index contributed by atoms with van der Waals surface area (Å²) in [7, 11) is 0. The summed E-state index contributed by atoms with van der Waals surface area (Å²) in [4.78, 5) is 3.97. The molecule has 0 atom stereocenters. The van der Waals surface area contributed by atoms with E-state index < -0.39 is 0 Å². The fraction of sp³-hybridized carbons (Fsp3) is 0.750. The molecule has 1 saturated carbocycles. The molecule has 1 aliphatic carbocycles. The van der Waals surface area contributed by atoms with Gasteiger partial charge in [-0.15, -0.1) is 0 Å². The van der Waals surface area contributed by atoms with Crippen LogP contribution in [0, 0.1) is 5.92 Å². The summed E-state index contributed by atoms with van der Waals surface area (Å²) in [5, 5.41) is 3.77. The summed E-state index contributed by atoms with van der Waals surface area (Å²) < 4.78 is 4.69. The first-order valence-electron chi connectivity index (χ1n) is 4.42. The summed E-state index contributed by atoms with van der Waals surface area (Å²) in [5.74, 6) is 1.52. The van der Waals surface area contributed by atoms with Crippen LogP contribution in [0.2, 0.25) is 0 Å². The molecule has 12 heavy (non-hydrogen) atoms. The van der Waals surface area contributed by atoms with E-state index in [0.717, 1.165) is 18.2 Å². The molecule has 0 aromatic carbocycles. The molecule has 0 radical (unpaired) electrons. The predicted molar refractivity (Wildman–Crippen MR) is 44.4 cm³/mol. The Morgan fingerprint density at radius 1 is 1.42 bits per heavy atom. The Balaban J connectivity index is 1.94. The van der Waals surface area contributed by atoms with Gasteiger partial charge in [0.2, 0.25) is 0 Å². The van der Waals surface area contributed by atoms with Crippen molar-refractivity contribution in [3.05, 3.63) is 5.82 Å². The van der Waals surface area contributed by atoms with E-state index >= 15 is 0 Å². The quantitative estimate of drug-likeness (QED) is 0.722. The Hall–Kier alpha value is -1.06. The van der Waals surface area contributed by atoms with Gasteiger partial charge in [0, 0.05) is 6.42 Å². The molecule has 0 amide bonds. The number of nitrogens with zero attached hydrogens (tertiary/aromatic N) is 2. The van der Waals surface area contributed by atoms with Crippen molar-refractivity contribution in [1.82, 2.24) is 10.1 Å². The molecule has 4 nitrogen and oxygen atoms in total. The van der Waals surface area contributed by atoms with Crippen molar-refractivity contribution < 1.29 is 4.52 Å². The van der Waals surface area contributed by atoms with Crippen LogP contribution < -0.4 is 5.73 Å². The third-order valence-corrected chi connectivity index (χ3v) is 2.43. The maximum atomic E-state index is 5.31. The Morgan fingerprint density at radius 3 is 2.75 bits per heavy atom. The first-order valence-corrected chi connectivity index (χ1v) is 4.42. The number of hydrogen-bond donors (Lipinski definition) is 1. The lowest BCUT2D eigenvalue weighted by Crippen LogP contribution is -2.00. The van der Waals surface area contributed by atoms with Gasteiger partial charge in [0.15, 0.2) is 5.82 Å². The van der Waals surface area contributed by atoms with E-state index in [4.69, 9.17) is 10.3 Å². The minimum atomic E-state index is 0.183. The van der Waals surface area contributed by atoms with Crippen LogP contribution >= 0.6 is 0 Å². The van der Waals surface area contributed by atoms with Crippen molar-refractivity contribution in [3.63, 3.8) is 0 Å². The van der Waals surface area contributed by atoms with Crippen molar-refractivity contribution in [2.75, 3.05) is 5.73 Å². The zero-order chi connectivity index (χ0) is 8.39. The SMILES string of the molecule is Nc1nc(CC2CCCC2)no1. The number of nitrogens with two attached hydrogens (primary N) is 1. The molecule has 1 aromatic heterocycles. The zero-order valence-corrected chi connectivity index (χ0v) is 6.99. The highest BCUT2D eigenvalue weighted by atomic mass is 16.5. The van der Waals surface area contributed by atoms with Gasteiger partial charge in [0.1, 0.15) is 0 Å². The first-order chi connectivity index (χ1) is 5.84. The van der Waals surface area contributed by atoms with Crippen molar-refractivity contribution in [3.8, 4) is 0 Å². The highest BCUT2D eigenvalue weighted by Crippen LogP contribution is 2.27. The summed E-state index contributed by atoms with van der Waals surface area (Å²) in [6.45, 7) is 0. The molecule has 0 saturated heterocycles. The minimum Gasteiger partial charge on any atom is -0.351 e. The highest BCUT2D eigenvalue weighted by Gasteiger charge is 2.17. The maximum Gasteiger partial charge on any atom is 0.318 e. The number of rotatable bonds is 2. The molecular weight excluding hydrogens is 154 g/mol. The molecule has 2 N–H and O–H groups in total. The summed E-state index contributed by atoms with van der Waals surface area (Å²) in [5.41, 5.74) is 5.31. The van der Waals surface area contributed by atoms with E-state index in [-0.39, 0.29) is 6.01 Å². The van der Waals surface area contributed by atoms with Gasteiger partial charge < -0.3 is 10.3 Å². The largest absolute Gasteiger partial charge is 0.351 e. The average molecular weight is 167 g/mol. The van der Waals surface area contributed by atoms with Gasteiger partial charge in [-0.1, -0.05) is 30.8 Å². The van der Waals surface area contributed by atoms with Crippen LogP contribution in [0.1, 0.15) is 31.5 Å². The number of hydrogen-bond acceptors (Lipinski definition) is 4. The Morgan fingerprint density at radius 2 is 2.17 bits per heavy atom. The van der Waals surface area contributed by atoms with E-state index in [9.17, 15) is 0 Å². The smallest absolute Gasteiger partial charge is 0.318 e. The molecule has 2 rings (SSSR count). The fourth-order valence-corrected chi connectivity index (χ4v) is 1.82. The fourth-order valence-electron chi connectivity index (χ4n) is 1.82. The van der Waals surface area contributed by atoms with E-state index in [2.05, 4.69) is 10.1 Å². The van der Waals surface area contributed by atoms with Crippen LogP contribution in [0.3, 0.4) is 0 Å². The second-order valence-corrected chi connectivity index (χ2v) is 3.40. The Bertz CT molecular complexity index is 253. The third kappa shape index (κ3) is 1.57. The molecule has 4 heteroatoms. The lowest BCUT2D eigenvalue weighted by Gasteiger charge is -2.02. The lowest BCUT2D eigenvalue weighted by atomic mass is 10.0. The maximum absolute atomic E-state index is 5.31. The summed E-state index contributed by atoms with van der Waals surface area (Å²) >= 11 is 0.